The van der Waals surface area contributed by atoms with Crippen LogP contribution in [0, 0.1) is 0 Å². The summed E-state index contributed by atoms with van der Waals surface area (Å²) >= 11 is 0. The highest BCUT2D eigenvalue weighted by atomic mass is 16.7. The lowest BCUT2D eigenvalue weighted by atomic mass is 9.97. The molecule has 2 saturated heterocycles. The monoisotopic (exact) mass is 1240 g/mol. The molecule has 9 N–H and O–H groups in total. The molecule has 88 heavy (non-hydrogen) atoms. The van der Waals surface area contributed by atoms with Crippen LogP contribution in [0.2, 0.25) is 0 Å². The van der Waals surface area contributed by atoms with Gasteiger partial charge in [0.1, 0.15) is 48.8 Å². The normalized spacial score (nSPS) is 23.8. The summed E-state index contributed by atoms with van der Waals surface area (Å²) < 4.78 is 22.8. The largest absolute Gasteiger partial charge is 0.394 e. The smallest absolute Gasteiger partial charge is 0.220 e. The lowest BCUT2D eigenvalue weighted by Crippen LogP contribution is -2.65. The van der Waals surface area contributed by atoms with E-state index in [-0.39, 0.29) is 18.9 Å². The van der Waals surface area contributed by atoms with E-state index in [1.54, 1.807) is 6.08 Å². The molecule has 2 aliphatic rings. The van der Waals surface area contributed by atoms with Gasteiger partial charge < -0.3 is 65.1 Å². The van der Waals surface area contributed by atoms with E-state index in [0.717, 1.165) is 70.6 Å². The van der Waals surface area contributed by atoms with E-state index in [1.807, 2.05) is 6.08 Å². The van der Waals surface area contributed by atoms with Gasteiger partial charge in [-0.1, -0.05) is 278 Å². The third-order valence-electron chi connectivity index (χ3n) is 16.8. The summed E-state index contributed by atoms with van der Waals surface area (Å²) in [7, 11) is 0. The number of allylic oxidation sites excluding steroid dienone is 15. The van der Waals surface area contributed by atoms with Gasteiger partial charge in [-0.25, -0.2) is 0 Å². The second kappa shape index (κ2) is 57.8. The van der Waals surface area contributed by atoms with Crippen LogP contribution in [0.25, 0.3) is 0 Å². The Morgan fingerprint density at radius 1 is 0.420 bits per heavy atom. The molecule has 2 rings (SSSR count). The molecular formula is C74H129NO13. The second-order valence-corrected chi connectivity index (χ2v) is 24.6. The second-order valence-electron chi connectivity index (χ2n) is 24.6. The van der Waals surface area contributed by atoms with Crippen LogP contribution >= 0.6 is 0 Å². The van der Waals surface area contributed by atoms with Gasteiger partial charge in [0, 0.05) is 6.42 Å². The quantitative estimate of drug-likeness (QED) is 0.0204. The van der Waals surface area contributed by atoms with E-state index < -0.39 is 86.8 Å². The van der Waals surface area contributed by atoms with Gasteiger partial charge in [0.05, 0.1) is 32.0 Å². The molecule has 0 bridgehead atoms. The summed E-state index contributed by atoms with van der Waals surface area (Å²) in [5, 5.41) is 87.3. The molecule has 0 saturated carbocycles. The Labute approximate surface area is 534 Å². The van der Waals surface area contributed by atoms with E-state index in [0.29, 0.717) is 12.8 Å². The van der Waals surface area contributed by atoms with E-state index in [9.17, 15) is 45.6 Å². The van der Waals surface area contributed by atoms with Crippen LogP contribution in [0.5, 0.6) is 0 Å². The molecule has 14 heteroatoms. The number of unbranched alkanes of at least 4 members (excludes halogenated alkanes) is 30. The summed E-state index contributed by atoms with van der Waals surface area (Å²) in [5.74, 6) is -0.249. The molecule has 508 valence electrons. The van der Waals surface area contributed by atoms with Gasteiger partial charge in [-0.3, -0.25) is 4.79 Å². The highest BCUT2D eigenvalue weighted by Crippen LogP contribution is 2.30. The SMILES string of the molecule is CC/C=C\C/C=C\C/C=C\C/C=C\C/C=C\C/C=C\CCCCCCCCCCCCCCCCCCCCC(=O)NC(COC1OC(CO)C(OC2OC(CO)C(O)C(O)C2O)C(O)C1O)C(O)/C=C/CC/C=C/CCCCCCCCCCCCC. The zero-order valence-corrected chi connectivity index (χ0v) is 55.2. The fourth-order valence-electron chi connectivity index (χ4n) is 11.1. The number of carbonyl (C=O) groups excluding carboxylic acids is 1. The Bertz CT molecular complexity index is 1850. The third-order valence-corrected chi connectivity index (χ3v) is 16.8. The molecule has 0 radical (unpaired) electrons. The maximum absolute atomic E-state index is 13.3. The molecule has 12 unspecified atom stereocenters. The van der Waals surface area contributed by atoms with Gasteiger partial charge in [0.25, 0.3) is 0 Å². The van der Waals surface area contributed by atoms with Gasteiger partial charge in [-0.2, -0.15) is 0 Å². The molecule has 0 aromatic rings. The number of aliphatic hydroxyl groups excluding tert-OH is 8. The number of rotatable bonds is 57. The van der Waals surface area contributed by atoms with E-state index in [2.05, 4.69) is 104 Å². The lowest BCUT2D eigenvalue weighted by Gasteiger charge is -2.46. The molecule has 12 atom stereocenters. The average molecular weight is 1240 g/mol. The summed E-state index contributed by atoms with van der Waals surface area (Å²) in [6, 6.07) is -0.935. The highest BCUT2D eigenvalue weighted by Gasteiger charge is 2.51. The molecule has 2 heterocycles. The van der Waals surface area contributed by atoms with Crippen LogP contribution in [-0.2, 0) is 23.7 Å². The molecule has 0 aromatic heterocycles. The first kappa shape index (κ1) is 81.0. The molecule has 2 fully saturated rings. The van der Waals surface area contributed by atoms with E-state index in [1.165, 1.54) is 167 Å². The van der Waals surface area contributed by atoms with Crippen LogP contribution in [0.4, 0.5) is 0 Å². The summed E-state index contributed by atoms with van der Waals surface area (Å²) in [5.41, 5.74) is 0. The molecular weight excluding hydrogens is 1110 g/mol. The number of amides is 1. The summed E-state index contributed by atoms with van der Waals surface area (Å²) in [6.07, 6.45) is 64.7. The number of aliphatic hydroxyl groups is 8. The zero-order chi connectivity index (χ0) is 63.8. The summed E-state index contributed by atoms with van der Waals surface area (Å²) in [4.78, 5) is 13.3. The molecule has 0 spiro atoms. The number of hydrogen-bond donors (Lipinski definition) is 9. The fraction of sp³-hybridized carbons (Fsp3) is 0.770. The number of ether oxygens (including phenoxy) is 4. The molecule has 1 amide bonds. The molecule has 14 nitrogen and oxygen atoms in total. The average Bonchev–Trinajstić information content (AvgIpc) is 2.07. The van der Waals surface area contributed by atoms with Gasteiger partial charge in [0.15, 0.2) is 12.6 Å². The fourth-order valence-corrected chi connectivity index (χ4v) is 11.1. The Balaban J connectivity index is 1.62. The van der Waals surface area contributed by atoms with Crippen molar-refractivity contribution in [3.63, 3.8) is 0 Å². The zero-order valence-electron chi connectivity index (χ0n) is 55.2. The Kier molecular flexibility index (Phi) is 53.2. The van der Waals surface area contributed by atoms with E-state index >= 15 is 0 Å². The van der Waals surface area contributed by atoms with Gasteiger partial charge in [0.2, 0.25) is 5.91 Å². The van der Waals surface area contributed by atoms with Crippen molar-refractivity contribution in [2.24, 2.45) is 0 Å². The maximum atomic E-state index is 13.3. The lowest BCUT2D eigenvalue weighted by molar-refractivity contribution is -0.359. The molecule has 0 aliphatic carbocycles. The minimum absolute atomic E-state index is 0.249. The molecule has 2 aliphatic heterocycles. The first-order valence-electron chi connectivity index (χ1n) is 35.5. The first-order chi connectivity index (χ1) is 43.1. The standard InChI is InChI=1S/C74H129NO13/c1-3-5-7-9-11-13-15-17-19-21-22-23-24-25-26-27-28-29-30-31-32-33-34-35-36-37-38-39-40-42-44-46-48-50-52-54-56-58-66(79)75-62(63(78)57-55-53-51-49-47-45-43-41-20-18-16-14-12-10-8-6-4-2)61-85-73-71(84)69(82)72(65(60-77)87-73)88-74-70(83)68(81)67(80)64(59-76)86-74/h5,7,11,13,17,19,22-23,25-26,28-29,47,49,55,57,62-65,67-74,76-78,80-84H,3-4,6,8-10,12,14-16,18,20-21,24,27,30-46,48,50-54,56,58-61H2,1-2H3,(H,75,79)/b7-5-,13-11-,19-17-,23-22-,26-25-,29-28-,49-47+,57-55+. The third kappa shape index (κ3) is 41.4. The van der Waals surface area contributed by atoms with Crippen molar-refractivity contribution in [1.29, 1.82) is 0 Å². The van der Waals surface area contributed by atoms with Gasteiger partial charge in [-0.15, -0.1) is 0 Å². The van der Waals surface area contributed by atoms with Crippen molar-refractivity contribution < 1.29 is 64.6 Å². The Morgan fingerprint density at radius 2 is 0.795 bits per heavy atom. The van der Waals surface area contributed by atoms with Crippen LogP contribution in [0.15, 0.2) is 97.2 Å². The minimum Gasteiger partial charge on any atom is -0.394 e. The summed E-state index contributed by atoms with van der Waals surface area (Å²) in [6.45, 7) is 2.68. The van der Waals surface area contributed by atoms with Crippen LogP contribution < -0.4 is 5.32 Å². The van der Waals surface area contributed by atoms with Crippen molar-refractivity contribution in [3.05, 3.63) is 97.2 Å². The van der Waals surface area contributed by atoms with Crippen molar-refractivity contribution in [2.45, 2.75) is 344 Å². The maximum Gasteiger partial charge on any atom is 0.220 e. The van der Waals surface area contributed by atoms with E-state index in [4.69, 9.17) is 18.9 Å². The number of hydrogen-bond acceptors (Lipinski definition) is 13. The van der Waals surface area contributed by atoms with Crippen LogP contribution in [-0.4, -0.2) is 140 Å². The Hall–Kier alpha value is -3.09. The van der Waals surface area contributed by atoms with Gasteiger partial charge >= 0.3 is 0 Å². The number of carbonyl (C=O) groups is 1. The minimum atomic E-state index is -1.79. The number of nitrogens with one attached hydrogen (secondary N) is 1. The topological polar surface area (TPSA) is 228 Å². The van der Waals surface area contributed by atoms with Crippen molar-refractivity contribution in [3.8, 4) is 0 Å². The predicted molar refractivity (Wildman–Crippen MR) is 359 cm³/mol. The Morgan fingerprint density at radius 3 is 1.25 bits per heavy atom. The predicted octanol–water partition coefficient (Wildman–Crippen LogP) is 14.6. The molecule has 0 aromatic carbocycles. The van der Waals surface area contributed by atoms with Gasteiger partial charge in [-0.05, 0) is 83.5 Å². The van der Waals surface area contributed by atoms with Crippen molar-refractivity contribution in [2.75, 3.05) is 19.8 Å². The highest BCUT2D eigenvalue weighted by molar-refractivity contribution is 5.76. The van der Waals surface area contributed by atoms with Crippen LogP contribution in [0.3, 0.4) is 0 Å². The first-order valence-corrected chi connectivity index (χ1v) is 35.5. The van der Waals surface area contributed by atoms with Crippen molar-refractivity contribution >= 4 is 5.91 Å². The van der Waals surface area contributed by atoms with Crippen molar-refractivity contribution in [1.82, 2.24) is 5.32 Å². The van der Waals surface area contributed by atoms with Crippen LogP contribution in [0.1, 0.15) is 271 Å².